The Kier molecular flexibility index (Phi) is 3.95. The van der Waals surface area contributed by atoms with Gasteiger partial charge < -0.3 is 9.94 Å². The summed E-state index contributed by atoms with van der Waals surface area (Å²) in [6, 6.07) is 0.523. The van der Waals surface area contributed by atoms with Gasteiger partial charge in [0.2, 0.25) is 15.8 Å². The zero-order valence-electron chi connectivity index (χ0n) is 8.86. The Balaban J connectivity index is 3.94. The van der Waals surface area contributed by atoms with E-state index < -0.39 is 47.8 Å². The van der Waals surface area contributed by atoms with Gasteiger partial charge in [-0.05, 0) is 6.07 Å². The molecule has 0 unspecified atom stereocenters. The van der Waals surface area contributed by atoms with Gasteiger partial charge in [-0.2, -0.15) is 5.90 Å². The number of nitro groups is 1. The molecule has 0 aliphatic rings. The van der Waals surface area contributed by atoms with E-state index in [0.29, 0.717) is 6.07 Å². The molecular formula is C7H6ClN3O7S. The molecule has 19 heavy (non-hydrogen) atoms. The first-order chi connectivity index (χ1) is 8.61. The van der Waals surface area contributed by atoms with Gasteiger partial charge in [0.15, 0.2) is 0 Å². The Morgan fingerprint density at radius 1 is 1.53 bits per heavy atom. The summed E-state index contributed by atoms with van der Waals surface area (Å²) < 4.78 is 22.4. The third-order valence-corrected chi connectivity index (χ3v) is 3.43. The van der Waals surface area contributed by atoms with Crippen LogP contribution in [0.2, 0.25) is 5.02 Å². The number of halogens is 1. The molecule has 0 saturated heterocycles. The lowest BCUT2D eigenvalue weighted by Crippen LogP contribution is -2.17. The molecule has 0 fully saturated rings. The van der Waals surface area contributed by atoms with Gasteiger partial charge in [-0.3, -0.25) is 10.1 Å². The number of hydrogen-bond donors (Lipinski definition) is 3. The van der Waals surface area contributed by atoms with Crippen molar-refractivity contribution < 1.29 is 28.1 Å². The maximum absolute atomic E-state index is 11.2. The molecule has 0 saturated carbocycles. The number of primary sulfonamides is 1. The van der Waals surface area contributed by atoms with Gasteiger partial charge in [0.1, 0.15) is 15.5 Å². The van der Waals surface area contributed by atoms with Crippen molar-refractivity contribution in [2.45, 2.75) is 4.90 Å². The smallest absolute Gasteiger partial charge is 0.339 e. The van der Waals surface area contributed by atoms with E-state index in [9.17, 15) is 23.3 Å². The molecule has 12 heteroatoms. The highest BCUT2D eigenvalue weighted by Crippen LogP contribution is 2.41. The second-order valence-electron chi connectivity index (χ2n) is 3.14. The van der Waals surface area contributed by atoms with Crippen molar-refractivity contribution in [3.8, 4) is 5.75 Å². The maximum Gasteiger partial charge on any atom is 0.339 e. The molecule has 0 bridgehead atoms. The highest BCUT2D eigenvalue weighted by molar-refractivity contribution is 7.89. The van der Waals surface area contributed by atoms with Crippen LogP contribution in [0.15, 0.2) is 11.0 Å². The first-order valence-electron chi connectivity index (χ1n) is 4.25. The Morgan fingerprint density at radius 2 is 2.05 bits per heavy atom. The van der Waals surface area contributed by atoms with Crippen molar-refractivity contribution in [2.75, 3.05) is 0 Å². The first kappa shape index (κ1) is 15.1. The van der Waals surface area contributed by atoms with E-state index in [1.54, 1.807) is 0 Å². The Bertz CT molecular complexity index is 672. The average molecular weight is 312 g/mol. The van der Waals surface area contributed by atoms with Crippen LogP contribution in [0.4, 0.5) is 5.69 Å². The normalized spacial score (nSPS) is 11.1. The first-order valence-corrected chi connectivity index (χ1v) is 6.17. The number of rotatable bonds is 4. The van der Waals surface area contributed by atoms with Crippen molar-refractivity contribution in [1.29, 1.82) is 0 Å². The lowest BCUT2D eigenvalue weighted by atomic mass is 10.1. The van der Waals surface area contributed by atoms with E-state index in [4.69, 9.17) is 27.7 Å². The fraction of sp³-hybridized carbons (Fsp3) is 0. The number of sulfonamides is 1. The molecule has 5 N–H and O–H groups in total. The summed E-state index contributed by atoms with van der Waals surface area (Å²) in [5.41, 5.74) is -1.96. The quantitative estimate of drug-likeness (QED) is 0.507. The number of hydrogen-bond acceptors (Lipinski definition) is 7. The van der Waals surface area contributed by atoms with Gasteiger partial charge in [-0.25, -0.2) is 18.4 Å². The molecule has 1 rings (SSSR count). The Labute approximate surface area is 110 Å². The van der Waals surface area contributed by atoms with E-state index >= 15 is 0 Å². The van der Waals surface area contributed by atoms with Crippen LogP contribution in [-0.2, 0) is 10.0 Å². The molecule has 0 atom stereocenters. The second-order valence-corrected chi connectivity index (χ2v) is 5.05. The van der Waals surface area contributed by atoms with Gasteiger partial charge >= 0.3 is 11.7 Å². The van der Waals surface area contributed by atoms with Crippen molar-refractivity contribution in [1.82, 2.24) is 0 Å². The molecule has 0 aliphatic heterocycles. The van der Waals surface area contributed by atoms with Gasteiger partial charge in [-0.1, -0.05) is 11.6 Å². The van der Waals surface area contributed by atoms with Crippen LogP contribution in [0.25, 0.3) is 0 Å². The van der Waals surface area contributed by atoms with Crippen molar-refractivity contribution >= 4 is 33.3 Å². The highest BCUT2D eigenvalue weighted by atomic mass is 35.5. The Morgan fingerprint density at radius 3 is 2.37 bits per heavy atom. The number of nitrogens with two attached hydrogens (primary N) is 2. The predicted molar refractivity (Wildman–Crippen MR) is 61.3 cm³/mol. The number of nitrogens with zero attached hydrogens (tertiary/aromatic N) is 1. The van der Waals surface area contributed by atoms with Crippen LogP contribution >= 0.6 is 11.6 Å². The van der Waals surface area contributed by atoms with E-state index in [-0.39, 0.29) is 0 Å². The van der Waals surface area contributed by atoms with Gasteiger partial charge in [0.05, 0.1) is 4.92 Å². The summed E-state index contributed by atoms with van der Waals surface area (Å²) in [5.74, 6) is 2.16. The minimum absolute atomic E-state index is 0.523. The molecule has 104 valence electrons. The number of benzene rings is 1. The molecule has 0 heterocycles. The lowest BCUT2D eigenvalue weighted by molar-refractivity contribution is -0.386. The topological polar surface area (TPSA) is 176 Å². The van der Waals surface area contributed by atoms with Gasteiger partial charge in [0.25, 0.3) is 0 Å². The molecule has 0 amide bonds. The van der Waals surface area contributed by atoms with Crippen LogP contribution in [-0.4, -0.2) is 24.4 Å². The zero-order chi connectivity index (χ0) is 15.0. The third-order valence-electron chi connectivity index (χ3n) is 2.00. The SMILES string of the molecule is NOc1c(C(=O)O)cc(S(N)(=O)=O)c(Cl)c1[N+](=O)[O-]. The van der Waals surface area contributed by atoms with Gasteiger partial charge in [-0.15, -0.1) is 0 Å². The summed E-state index contributed by atoms with van der Waals surface area (Å²) in [6.07, 6.45) is 0. The molecule has 0 aliphatic carbocycles. The number of aromatic carboxylic acids is 1. The minimum Gasteiger partial charge on any atom is -0.478 e. The number of carboxylic acid groups (broad SMARTS) is 1. The van der Waals surface area contributed by atoms with E-state index in [1.165, 1.54) is 0 Å². The molecule has 0 spiro atoms. The molecule has 0 radical (unpaired) electrons. The van der Waals surface area contributed by atoms with Crippen LogP contribution in [0.3, 0.4) is 0 Å². The Hall–Kier alpha value is -1.95. The van der Waals surface area contributed by atoms with Crippen molar-refractivity contribution in [3.05, 3.63) is 26.8 Å². The summed E-state index contributed by atoms with van der Waals surface area (Å²) in [5, 5.41) is 23.6. The van der Waals surface area contributed by atoms with Gasteiger partial charge in [0, 0.05) is 0 Å². The summed E-state index contributed by atoms with van der Waals surface area (Å²) >= 11 is 5.52. The van der Waals surface area contributed by atoms with Crippen LogP contribution in [0.1, 0.15) is 10.4 Å². The molecule has 1 aromatic carbocycles. The lowest BCUT2D eigenvalue weighted by Gasteiger charge is -2.09. The highest BCUT2D eigenvalue weighted by Gasteiger charge is 2.33. The predicted octanol–water partition coefficient (Wildman–Crippen LogP) is -0.154. The van der Waals surface area contributed by atoms with E-state index in [0.717, 1.165) is 0 Å². The second kappa shape index (κ2) is 4.97. The fourth-order valence-corrected chi connectivity index (χ4v) is 2.41. The van der Waals surface area contributed by atoms with Crippen LogP contribution in [0, 0.1) is 10.1 Å². The minimum atomic E-state index is -4.47. The van der Waals surface area contributed by atoms with E-state index in [2.05, 4.69) is 4.84 Å². The van der Waals surface area contributed by atoms with E-state index in [1.807, 2.05) is 0 Å². The summed E-state index contributed by atoms with van der Waals surface area (Å²) in [6.45, 7) is 0. The monoisotopic (exact) mass is 311 g/mol. The summed E-state index contributed by atoms with van der Waals surface area (Å²) in [4.78, 5) is 23.8. The van der Waals surface area contributed by atoms with Crippen molar-refractivity contribution in [2.24, 2.45) is 11.0 Å². The number of carboxylic acids is 1. The van der Waals surface area contributed by atoms with Crippen molar-refractivity contribution in [3.63, 3.8) is 0 Å². The number of nitro benzene ring substituents is 1. The largest absolute Gasteiger partial charge is 0.478 e. The van der Waals surface area contributed by atoms with Crippen LogP contribution < -0.4 is 15.9 Å². The average Bonchev–Trinajstić information content (AvgIpc) is 2.25. The molecule has 1 aromatic rings. The summed E-state index contributed by atoms with van der Waals surface area (Å²) in [7, 11) is -4.47. The third kappa shape index (κ3) is 2.73. The standard InChI is InChI=1S/C7H6ClN3O7S/c8-4-3(19(10,16)17)1-2(7(12)13)6(18-9)5(4)11(14)15/h1H,9H2,(H,12,13)(H2,10,16,17). The number of carbonyl (C=O) groups is 1. The molecular weight excluding hydrogens is 306 g/mol. The fourth-order valence-electron chi connectivity index (χ4n) is 1.25. The zero-order valence-corrected chi connectivity index (χ0v) is 10.4. The molecule has 10 nitrogen and oxygen atoms in total. The molecule has 0 aromatic heterocycles. The van der Waals surface area contributed by atoms with Crippen LogP contribution in [0.5, 0.6) is 5.75 Å². The maximum atomic E-state index is 11.2.